The smallest absolute Gasteiger partial charge is 0.289 e. The molecule has 2 aromatic rings. The number of nitrogens with zero attached hydrogens (tertiary/aromatic N) is 2. The molecule has 4 rings (SSSR count). The van der Waals surface area contributed by atoms with E-state index in [4.69, 9.17) is 4.42 Å². The zero-order valence-corrected chi connectivity index (χ0v) is 18.4. The maximum atomic E-state index is 13.0. The third-order valence-corrected chi connectivity index (χ3v) is 7.24. The van der Waals surface area contributed by atoms with Crippen molar-refractivity contribution < 1.29 is 14.0 Å². The van der Waals surface area contributed by atoms with Crippen molar-refractivity contribution in [3.05, 3.63) is 54.0 Å². The first-order valence-electron chi connectivity index (χ1n) is 10.9. The number of rotatable bonds is 5. The van der Waals surface area contributed by atoms with Crippen molar-refractivity contribution in [1.82, 2.24) is 9.80 Å². The molecule has 5 nitrogen and oxygen atoms in total. The monoisotopic (exact) mass is 426 g/mol. The summed E-state index contributed by atoms with van der Waals surface area (Å²) in [6, 6.07) is 12.0. The molecule has 0 saturated carbocycles. The third-order valence-electron chi connectivity index (χ3n) is 6.18. The van der Waals surface area contributed by atoms with Gasteiger partial charge in [0.1, 0.15) is 0 Å². The van der Waals surface area contributed by atoms with Crippen molar-refractivity contribution >= 4 is 23.6 Å². The molecule has 2 saturated heterocycles. The fourth-order valence-electron chi connectivity index (χ4n) is 4.44. The van der Waals surface area contributed by atoms with Crippen LogP contribution in [0.2, 0.25) is 0 Å². The summed E-state index contributed by atoms with van der Waals surface area (Å²) in [7, 11) is 0. The van der Waals surface area contributed by atoms with Crippen molar-refractivity contribution in [3.63, 3.8) is 0 Å². The molecule has 3 heterocycles. The van der Waals surface area contributed by atoms with Crippen LogP contribution in [-0.2, 0) is 10.5 Å². The lowest BCUT2D eigenvalue weighted by atomic mass is 9.92. The van der Waals surface area contributed by atoms with Crippen LogP contribution in [0.5, 0.6) is 0 Å². The summed E-state index contributed by atoms with van der Waals surface area (Å²) in [5.74, 6) is 2.00. The molecule has 0 radical (unpaired) electrons. The fraction of sp³-hybridized carbons (Fsp3) is 0.500. The molecule has 1 atom stereocenters. The Balaban J connectivity index is 1.31. The molecule has 1 aromatic heterocycles. The number of thioether (sulfide) groups is 1. The molecular weight excluding hydrogens is 396 g/mol. The Labute approximate surface area is 182 Å². The van der Waals surface area contributed by atoms with Gasteiger partial charge in [-0.25, -0.2) is 0 Å². The van der Waals surface area contributed by atoms with Crippen molar-refractivity contribution in [1.29, 1.82) is 0 Å². The van der Waals surface area contributed by atoms with Crippen LogP contribution < -0.4 is 0 Å². The molecule has 1 aromatic carbocycles. The van der Waals surface area contributed by atoms with Crippen LogP contribution in [0.25, 0.3) is 0 Å². The highest BCUT2D eigenvalue weighted by Gasteiger charge is 2.33. The summed E-state index contributed by atoms with van der Waals surface area (Å²) in [6.45, 7) is 5.22. The van der Waals surface area contributed by atoms with Gasteiger partial charge in [0.15, 0.2) is 5.76 Å². The average molecular weight is 427 g/mol. The number of likely N-dealkylation sites (tertiary alicyclic amines) is 2. The Morgan fingerprint density at radius 1 is 1.03 bits per heavy atom. The van der Waals surface area contributed by atoms with E-state index in [-0.39, 0.29) is 17.7 Å². The fourth-order valence-corrected chi connectivity index (χ4v) is 5.33. The topological polar surface area (TPSA) is 53.8 Å². The Hall–Kier alpha value is -2.21. The minimum absolute atomic E-state index is 0.0454. The van der Waals surface area contributed by atoms with E-state index in [2.05, 4.69) is 19.1 Å². The van der Waals surface area contributed by atoms with E-state index in [1.54, 1.807) is 18.0 Å². The molecule has 30 heavy (non-hydrogen) atoms. The minimum atomic E-state index is -0.0545. The van der Waals surface area contributed by atoms with Gasteiger partial charge in [0.2, 0.25) is 5.91 Å². The van der Waals surface area contributed by atoms with E-state index in [1.807, 2.05) is 34.1 Å². The molecule has 2 aliphatic heterocycles. The minimum Gasteiger partial charge on any atom is -0.459 e. The number of hydrogen-bond acceptors (Lipinski definition) is 4. The predicted molar refractivity (Wildman–Crippen MR) is 118 cm³/mol. The van der Waals surface area contributed by atoms with E-state index >= 15 is 0 Å². The quantitative estimate of drug-likeness (QED) is 0.651. The zero-order chi connectivity index (χ0) is 20.9. The molecule has 2 aliphatic rings. The lowest BCUT2D eigenvalue weighted by Crippen LogP contribution is -2.47. The van der Waals surface area contributed by atoms with E-state index in [1.165, 1.54) is 11.3 Å². The highest BCUT2D eigenvalue weighted by atomic mass is 32.2. The maximum Gasteiger partial charge on any atom is 0.289 e. The molecule has 2 amide bonds. The first-order valence-corrected chi connectivity index (χ1v) is 11.9. The summed E-state index contributed by atoms with van der Waals surface area (Å²) in [4.78, 5) is 31.0. The maximum absolute atomic E-state index is 13.0. The molecule has 2 fully saturated rings. The van der Waals surface area contributed by atoms with Crippen LogP contribution >= 0.6 is 11.8 Å². The number of benzene rings is 1. The second-order valence-electron chi connectivity index (χ2n) is 8.47. The summed E-state index contributed by atoms with van der Waals surface area (Å²) >= 11 is 1.70. The number of carbonyl (C=O) groups excluding carboxylic acids is 2. The number of hydrogen-bond donors (Lipinski definition) is 0. The SMILES string of the molecule is CC1CCCN(C(=O)C2CCN(C(=O)c3occc3CSc3ccccc3)CC2)C1. The summed E-state index contributed by atoms with van der Waals surface area (Å²) in [5.41, 5.74) is 0.925. The number of furan rings is 1. The van der Waals surface area contributed by atoms with Crippen LogP contribution in [0.1, 0.15) is 48.7 Å². The normalized spacial score (nSPS) is 20.4. The van der Waals surface area contributed by atoms with Gasteiger partial charge in [-0.15, -0.1) is 11.8 Å². The van der Waals surface area contributed by atoms with Gasteiger partial charge in [0.05, 0.1) is 6.26 Å². The molecule has 0 bridgehead atoms. The van der Waals surface area contributed by atoms with Gasteiger partial charge in [-0.05, 0) is 49.8 Å². The van der Waals surface area contributed by atoms with E-state index < -0.39 is 0 Å². The first kappa shape index (κ1) is 21.0. The van der Waals surface area contributed by atoms with E-state index in [9.17, 15) is 9.59 Å². The van der Waals surface area contributed by atoms with Crippen molar-refractivity contribution in [2.45, 2.75) is 43.3 Å². The largest absolute Gasteiger partial charge is 0.459 e. The standard InChI is InChI=1S/C24H30N2O3S/c1-18-6-5-12-26(16-18)23(27)19-9-13-25(14-10-19)24(28)22-20(11-15-29-22)17-30-21-7-3-2-4-8-21/h2-4,7-8,11,15,18-19H,5-6,9-10,12-14,16-17H2,1H3. The molecule has 0 spiro atoms. The summed E-state index contributed by atoms with van der Waals surface area (Å²) in [5, 5.41) is 0. The van der Waals surface area contributed by atoms with Crippen molar-refractivity contribution in [2.75, 3.05) is 26.2 Å². The van der Waals surface area contributed by atoms with Crippen LogP contribution in [0.15, 0.2) is 52.0 Å². The van der Waals surface area contributed by atoms with E-state index in [0.29, 0.717) is 30.5 Å². The Morgan fingerprint density at radius 2 is 1.80 bits per heavy atom. The van der Waals surface area contributed by atoms with Crippen LogP contribution in [0, 0.1) is 11.8 Å². The van der Waals surface area contributed by atoms with Crippen LogP contribution in [0.3, 0.4) is 0 Å². The van der Waals surface area contributed by atoms with E-state index in [0.717, 1.165) is 37.9 Å². The first-order chi connectivity index (χ1) is 14.6. The van der Waals surface area contributed by atoms with Gasteiger partial charge in [0, 0.05) is 48.3 Å². The second-order valence-corrected chi connectivity index (χ2v) is 9.52. The molecule has 1 unspecified atom stereocenters. The second kappa shape index (κ2) is 9.73. The average Bonchev–Trinajstić information content (AvgIpc) is 3.26. The molecule has 0 N–H and O–H groups in total. The highest BCUT2D eigenvalue weighted by molar-refractivity contribution is 7.98. The van der Waals surface area contributed by atoms with Gasteiger partial charge in [0.25, 0.3) is 5.91 Å². The molecule has 6 heteroatoms. The Kier molecular flexibility index (Phi) is 6.82. The lowest BCUT2D eigenvalue weighted by molar-refractivity contribution is -0.138. The summed E-state index contributed by atoms with van der Waals surface area (Å²) in [6.07, 6.45) is 5.40. The zero-order valence-electron chi connectivity index (χ0n) is 17.6. The van der Waals surface area contributed by atoms with Gasteiger partial charge in [-0.2, -0.15) is 0 Å². The van der Waals surface area contributed by atoms with Crippen LogP contribution in [-0.4, -0.2) is 47.8 Å². The lowest BCUT2D eigenvalue weighted by Gasteiger charge is -2.37. The predicted octanol–water partition coefficient (Wildman–Crippen LogP) is 4.68. The Bertz CT molecular complexity index is 858. The number of amides is 2. The van der Waals surface area contributed by atoms with Crippen molar-refractivity contribution in [2.24, 2.45) is 11.8 Å². The van der Waals surface area contributed by atoms with Crippen LogP contribution in [0.4, 0.5) is 0 Å². The van der Waals surface area contributed by atoms with Gasteiger partial charge < -0.3 is 14.2 Å². The van der Waals surface area contributed by atoms with Crippen molar-refractivity contribution in [3.8, 4) is 0 Å². The van der Waals surface area contributed by atoms with Gasteiger partial charge in [-0.3, -0.25) is 9.59 Å². The molecule has 160 valence electrons. The highest BCUT2D eigenvalue weighted by Crippen LogP contribution is 2.28. The summed E-state index contributed by atoms with van der Waals surface area (Å²) < 4.78 is 5.57. The Morgan fingerprint density at radius 3 is 2.53 bits per heavy atom. The van der Waals surface area contributed by atoms with Gasteiger partial charge >= 0.3 is 0 Å². The molecule has 0 aliphatic carbocycles. The number of carbonyl (C=O) groups is 2. The van der Waals surface area contributed by atoms with Gasteiger partial charge in [-0.1, -0.05) is 25.1 Å². The molecular formula is C24H30N2O3S. The third kappa shape index (κ3) is 4.91. The number of piperidine rings is 2.